The Bertz CT molecular complexity index is 593. The molecule has 5 heteroatoms. The van der Waals surface area contributed by atoms with Crippen LogP contribution in [0.3, 0.4) is 0 Å². The van der Waals surface area contributed by atoms with Gasteiger partial charge < -0.3 is 15.4 Å². The lowest BCUT2D eigenvalue weighted by atomic mass is 9.74. The third-order valence-electron chi connectivity index (χ3n) is 5.96. The van der Waals surface area contributed by atoms with Crippen LogP contribution in [0.5, 0.6) is 0 Å². The van der Waals surface area contributed by atoms with Gasteiger partial charge in [0.05, 0.1) is 0 Å². The molecule has 1 aromatic rings. The second-order valence-corrected chi connectivity index (χ2v) is 7.96. The molecule has 0 bridgehead atoms. The monoisotopic (exact) mass is 348 g/mol. The smallest absolute Gasteiger partial charge is 0.314 e. The van der Waals surface area contributed by atoms with Crippen LogP contribution in [-0.4, -0.2) is 32.3 Å². The van der Waals surface area contributed by atoms with Gasteiger partial charge in [-0.2, -0.15) is 0 Å². The molecular weight excluding hydrogens is 319 g/mol. The molecule has 3 rings (SSSR count). The highest BCUT2D eigenvalue weighted by Crippen LogP contribution is 2.37. The van der Waals surface area contributed by atoms with E-state index < -0.39 is 0 Å². The van der Waals surface area contributed by atoms with Gasteiger partial charge in [-0.1, -0.05) is 31.9 Å². The largest absolute Gasteiger partial charge is 0.381 e. The molecule has 0 spiro atoms. The Morgan fingerprint density at radius 1 is 1.12 bits per heavy atom. The Morgan fingerprint density at radius 2 is 1.80 bits per heavy atom. The number of rotatable bonds is 5. The van der Waals surface area contributed by atoms with Gasteiger partial charge in [0.1, 0.15) is 5.82 Å². The van der Waals surface area contributed by atoms with Crippen molar-refractivity contribution < 1.29 is 13.9 Å². The second kappa shape index (κ2) is 7.73. The highest BCUT2D eigenvalue weighted by Gasteiger charge is 2.35. The van der Waals surface area contributed by atoms with E-state index >= 15 is 0 Å². The van der Waals surface area contributed by atoms with Crippen LogP contribution in [0.25, 0.3) is 0 Å². The maximum atomic E-state index is 13.7. The Morgan fingerprint density at radius 3 is 2.48 bits per heavy atom. The molecule has 1 aromatic carbocycles. The third-order valence-corrected chi connectivity index (χ3v) is 5.96. The van der Waals surface area contributed by atoms with Crippen LogP contribution in [0.4, 0.5) is 9.18 Å². The number of hydrogen-bond acceptors (Lipinski definition) is 2. The summed E-state index contributed by atoms with van der Waals surface area (Å²) in [4.78, 5) is 12.3. The molecule has 2 aliphatic rings. The summed E-state index contributed by atoms with van der Waals surface area (Å²) in [5, 5.41) is 6.05. The van der Waals surface area contributed by atoms with E-state index in [-0.39, 0.29) is 22.7 Å². The molecule has 1 saturated carbocycles. The molecule has 1 heterocycles. The quantitative estimate of drug-likeness (QED) is 0.851. The number of amides is 2. The minimum atomic E-state index is -0.255. The van der Waals surface area contributed by atoms with Crippen molar-refractivity contribution in [1.29, 1.82) is 0 Å². The fourth-order valence-corrected chi connectivity index (χ4v) is 4.16. The van der Waals surface area contributed by atoms with Gasteiger partial charge in [-0.25, -0.2) is 9.18 Å². The maximum absolute atomic E-state index is 13.7. The summed E-state index contributed by atoms with van der Waals surface area (Å²) in [5.74, 6) is -0.234. The zero-order valence-electron chi connectivity index (χ0n) is 15.1. The molecule has 0 radical (unpaired) electrons. The Hall–Kier alpha value is -1.62. The molecule has 0 atom stereocenters. The van der Waals surface area contributed by atoms with Gasteiger partial charge in [-0.05, 0) is 48.8 Å². The standard InChI is InChI=1S/C20H29FN2O2/c1-19(7-2-3-8-19)14-22-18(24)23-15-20(9-11-25-12-10-20)16-5-4-6-17(21)13-16/h4-6,13H,2-3,7-12,14-15H2,1H3,(H2,22,23,24). The molecule has 0 aromatic heterocycles. The first-order chi connectivity index (χ1) is 12.0. The van der Waals surface area contributed by atoms with E-state index in [2.05, 4.69) is 17.6 Å². The van der Waals surface area contributed by atoms with E-state index in [1.54, 1.807) is 12.1 Å². The van der Waals surface area contributed by atoms with Crippen molar-refractivity contribution in [2.24, 2.45) is 5.41 Å². The normalized spacial score (nSPS) is 21.7. The van der Waals surface area contributed by atoms with Crippen molar-refractivity contribution in [2.45, 2.75) is 50.9 Å². The molecule has 2 amide bonds. The summed E-state index contributed by atoms with van der Waals surface area (Å²) in [6, 6.07) is 6.61. The number of halogens is 1. The maximum Gasteiger partial charge on any atom is 0.314 e. The van der Waals surface area contributed by atoms with Gasteiger partial charge in [-0.3, -0.25) is 0 Å². The van der Waals surface area contributed by atoms with Crippen molar-refractivity contribution in [3.05, 3.63) is 35.6 Å². The first kappa shape index (κ1) is 18.2. The molecule has 4 nitrogen and oxygen atoms in total. The van der Waals surface area contributed by atoms with Crippen LogP contribution < -0.4 is 10.6 Å². The summed E-state index contributed by atoms with van der Waals surface area (Å²) < 4.78 is 19.2. The molecule has 138 valence electrons. The molecular formula is C20H29FN2O2. The van der Waals surface area contributed by atoms with Gasteiger partial charge in [0.15, 0.2) is 0 Å². The van der Waals surface area contributed by atoms with Crippen molar-refractivity contribution in [2.75, 3.05) is 26.3 Å². The average molecular weight is 348 g/mol. The second-order valence-electron chi connectivity index (χ2n) is 7.96. The lowest BCUT2D eigenvalue weighted by molar-refractivity contribution is 0.0505. The summed E-state index contributed by atoms with van der Waals surface area (Å²) in [7, 11) is 0. The van der Waals surface area contributed by atoms with E-state index in [0.29, 0.717) is 19.8 Å². The molecule has 1 aliphatic heterocycles. The van der Waals surface area contributed by atoms with Gasteiger partial charge in [0.2, 0.25) is 0 Å². The minimum Gasteiger partial charge on any atom is -0.381 e. The minimum absolute atomic E-state index is 0.129. The zero-order chi connectivity index (χ0) is 17.8. The molecule has 25 heavy (non-hydrogen) atoms. The topological polar surface area (TPSA) is 50.4 Å². The predicted molar refractivity (Wildman–Crippen MR) is 96.1 cm³/mol. The number of hydrogen-bond donors (Lipinski definition) is 2. The molecule has 2 N–H and O–H groups in total. The predicted octanol–water partition coefficient (Wildman–Crippen LogP) is 3.75. The van der Waals surface area contributed by atoms with Crippen LogP contribution in [0.2, 0.25) is 0 Å². The zero-order valence-corrected chi connectivity index (χ0v) is 15.1. The van der Waals surface area contributed by atoms with Crippen LogP contribution in [0, 0.1) is 11.2 Å². The van der Waals surface area contributed by atoms with E-state index in [4.69, 9.17) is 4.74 Å². The fourth-order valence-electron chi connectivity index (χ4n) is 4.16. The van der Waals surface area contributed by atoms with Gasteiger partial charge in [0.25, 0.3) is 0 Å². The number of benzene rings is 1. The Balaban J connectivity index is 1.60. The third kappa shape index (κ3) is 4.51. The van der Waals surface area contributed by atoms with Crippen LogP contribution >= 0.6 is 0 Å². The van der Waals surface area contributed by atoms with Crippen molar-refractivity contribution >= 4 is 6.03 Å². The summed E-state index contributed by atoms with van der Waals surface area (Å²) in [6.45, 7) is 4.74. The van der Waals surface area contributed by atoms with Crippen molar-refractivity contribution in [3.8, 4) is 0 Å². The van der Waals surface area contributed by atoms with Gasteiger partial charge in [-0.15, -0.1) is 0 Å². The lowest BCUT2D eigenvalue weighted by Gasteiger charge is -2.38. The average Bonchev–Trinajstić information content (AvgIpc) is 3.06. The summed E-state index contributed by atoms with van der Waals surface area (Å²) >= 11 is 0. The number of nitrogens with one attached hydrogen (secondary N) is 2. The Kier molecular flexibility index (Phi) is 5.62. The van der Waals surface area contributed by atoms with E-state index in [9.17, 15) is 9.18 Å². The molecule has 0 unspecified atom stereocenters. The summed E-state index contributed by atoms with van der Waals surface area (Å²) in [6.07, 6.45) is 6.43. The lowest BCUT2D eigenvalue weighted by Crippen LogP contribution is -2.48. The van der Waals surface area contributed by atoms with Gasteiger partial charge in [0, 0.05) is 31.7 Å². The number of urea groups is 1. The first-order valence-corrected chi connectivity index (χ1v) is 9.37. The SMILES string of the molecule is CC1(CNC(=O)NCC2(c3cccc(F)c3)CCOCC2)CCCC1. The molecule has 2 fully saturated rings. The highest BCUT2D eigenvalue weighted by molar-refractivity contribution is 5.74. The molecule has 1 saturated heterocycles. The van der Waals surface area contributed by atoms with Crippen LogP contribution in [0.15, 0.2) is 24.3 Å². The van der Waals surface area contributed by atoms with Crippen LogP contribution in [0.1, 0.15) is 51.0 Å². The number of carbonyl (C=O) groups is 1. The van der Waals surface area contributed by atoms with Crippen molar-refractivity contribution in [3.63, 3.8) is 0 Å². The Labute approximate surface area is 149 Å². The first-order valence-electron chi connectivity index (χ1n) is 9.37. The van der Waals surface area contributed by atoms with E-state index in [1.807, 2.05) is 6.07 Å². The van der Waals surface area contributed by atoms with E-state index in [1.165, 1.54) is 31.7 Å². The number of ether oxygens (including phenoxy) is 1. The van der Waals surface area contributed by atoms with Crippen LogP contribution in [-0.2, 0) is 10.2 Å². The summed E-state index contributed by atoms with van der Waals surface area (Å²) in [5.41, 5.74) is 0.921. The van der Waals surface area contributed by atoms with Crippen molar-refractivity contribution in [1.82, 2.24) is 10.6 Å². The molecule has 1 aliphatic carbocycles. The van der Waals surface area contributed by atoms with Gasteiger partial charge >= 0.3 is 6.03 Å². The highest BCUT2D eigenvalue weighted by atomic mass is 19.1. The van der Waals surface area contributed by atoms with E-state index in [0.717, 1.165) is 24.9 Å². The number of carbonyl (C=O) groups excluding carboxylic acids is 1. The fraction of sp³-hybridized carbons (Fsp3) is 0.650.